The predicted molar refractivity (Wildman–Crippen MR) is 82.4 cm³/mol. The van der Waals surface area contributed by atoms with Crippen LogP contribution in [0.5, 0.6) is 11.5 Å². The highest BCUT2D eigenvalue weighted by molar-refractivity contribution is 5.41. The number of phenols is 1. The molecule has 2 atom stereocenters. The summed E-state index contributed by atoms with van der Waals surface area (Å²) in [4.78, 5) is 0. The Balaban J connectivity index is 2.08. The van der Waals surface area contributed by atoms with Gasteiger partial charge in [0.25, 0.3) is 0 Å². The van der Waals surface area contributed by atoms with Crippen LogP contribution in [-0.4, -0.2) is 23.9 Å². The van der Waals surface area contributed by atoms with Gasteiger partial charge in [-0.1, -0.05) is 6.07 Å². The van der Waals surface area contributed by atoms with E-state index >= 15 is 0 Å². The number of nitrogens with one attached hydrogen (secondary N) is 1. The Kier molecular flexibility index (Phi) is 5.52. The highest BCUT2D eigenvalue weighted by atomic mass is 19.1. The van der Waals surface area contributed by atoms with Gasteiger partial charge in [0.05, 0.1) is 18.8 Å². The average molecular weight is 323 g/mol. The zero-order valence-electron chi connectivity index (χ0n) is 12.9. The molecule has 2 rings (SSSR count). The third-order valence-corrected chi connectivity index (χ3v) is 3.65. The molecular formula is C17H19F2NO3. The van der Waals surface area contributed by atoms with Crippen LogP contribution < -0.4 is 10.1 Å². The Morgan fingerprint density at radius 2 is 1.83 bits per heavy atom. The lowest BCUT2D eigenvalue weighted by atomic mass is 10.0. The van der Waals surface area contributed by atoms with Gasteiger partial charge in [-0.05, 0) is 37.3 Å². The normalized spacial score (nSPS) is 13.6. The molecule has 2 unspecified atom stereocenters. The second-order valence-electron chi connectivity index (χ2n) is 5.21. The second kappa shape index (κ2) is 7.39. The van der Waals surface area contributed by atoms with E-state index in [1.54, 1.807) is 19.1 Å². The van der Waals surface area contributed by atoms with E-state index in [0.717, 1.165) is 12.1 Å². The smallest absolute Gasteiger partial charge is 0.131 e. The van der Waals surface area contributed by atoms with Gasteiger partial charge in [0.1, 0.15) is 23.1 Å². The van der Waals surface area contributed by atoms with Gasteiger partial charge in [-0.3, -0.25) is 0 Å². The molecule has 2 aromatic carbocycles. The molecule has 0 radical (unpaired) electrons. The fourth-order valence-corrected chi connectivity index (χ4v) is 2.34. The summed E-state index contributed by atoms with van der Waals surface area (Å²) in [6.45, 7) is 1.69. The highest BCUT2D eigenvalue weighted by Gasteiger charge is 2.19. The molecule has 23 heavy (non-hydrogen) atoms. The van der Waals surface area contributed by atoms with Gasteiger partial charge in [0.2, 0.25) is 0 Å². The van der Waals surface area contributed by atoms with Crippen LogP contribution in [0.25, 0.3) is 0 Å². The van der Waals surface area contributed by atoms with Crippen molar-refractivity contribution >= 4 is 0 Å². The van der Waals surface area contributed by atoms with E-state index in [-0.39, 0.29) is 23.9 Å². The zero-order valence-corrected chi connectivity index (χ0v) is 12.9. The van der Waals surface area contributed by atoms with Crippen LogP contribution >= 0.6 is 0 Å². The number of halogens is 2. The SMILES string of the molecule is COc1ccc(O)c(C(C)NCC(O)c2c(F)cccc2F)c1. The lowest BCUT2D eigenvalue weighted by Crippen LogP contribution is -2.25. The summed E-state index contributed by atoms with van der Waals surface area (Å²) >= 11 is 0. The average Bonchev–Trinajstić information content (AvgIpc) is 2.53. The maximum absolute atomic E-state index is 13.6. The Hall–Kier alpha value is -2.18. The van der Waals surface area contributed by atoms with E-state index in [9.17, 15) is 19.0 Å². The monoisotopic (exact) mass is 323 g/mol. The lowest BCUT2D eigenvalue weighted by molar-refractivity contribution is 0.161. The summed E-state index contributed by atoms with van der Waals surface area (Å²) in [6, 6.07) is 7.86. The Bertz CT molecular complexity index is 659. The Morgan fingerprint density at radius 3 is 2.43 bits per heavy atom. The van der Waals surface area contributed by atoms with Crippen molar-refractivity contribution < 1.29 is 23.7 Å². The molecule has 6 heteroatoms. The number of ether oxygens (including phenoxy) is 1. The van der Waals surface area contributed by atoms with E-state index < -0.39 is 17.7 Å². The van der Waals surface area contributed by atoms with Gasteiger partial charge in [-0.2, -0.15) is 0 Å². The molecule has 0 saturated carbocycles. The highest BCUT2D eigenvalue weighted by Crippen LogP contribution is 2.29. The first-order valence-corrected chi connectivity index (χ1v) is 7.16. The maximum atomic E-state index is 13.6. The summed E-state index contributed by atoms with van der Waals surface area (Å²) in [6.07, 6.45) is -1.34. The number of benzene rings is 2. The van der Waals surface area contributed by atoms with Crippen molar-refractivity contribution in [3.05, 3.63) is 59.2 Å². The maximum Gasteiger partial charge on any atom is 0.131 e. The van der Waals surface area contributed by atoms with E-state index in [2.05, 4.69) is 5.32 Å². The van der Waals surface area contributed by atoms with E-state index in [1.165, 1.54) is 19.2 Å². The van der Waals surface area contributed by atoms with Crippen LogP contribution in [0, 0.1) is 11.6 Å². The van der Waals surface area contributed by atoms with Crippen molar-refractivity contribution in [3.63, 3.8) is 0 Å². The number of methoxy groups -OCH3 is 1. The van der Waals surface area contributed by atoms with Gasteiger partial charge in [-0.15, -0.1) is 0 Å². The predicted octanol–water partition coefficient (Wildman–Crippen LogP) is 3.06. The first-order valence-electron chi connectivity index (χ1n) is 7.16. The molecule has 0 saturated heterocycles. The molecule has 3 N–H and O–H groups in total. The summed E-state index contributed by atoms with van der Waals surface area (Å²) in [5.41, 5.74) is 0.188. The molecule has 0 fully saturated rings. The van der Waals surface area contributed by atoms with Gasteiger partial charge < -0.3 is 20.3 Å². The third kappa shape index (κ3) is 3.97. The Labute approximate surface area is 133 Å². The molecule has 0 bridgehead atoms. The van der Waals surface area contributed by atoms with Crippen molar-refractivity contribution in [3.8, 4) is 11.5 Å². The van der Waals surface area contributed by atoms with Crippen LogP contribution in [-0.2, 0) is 0 Å². The van der Waals surface area contributed by atoms with Gasteiger partial charge in [0.15, 0.2) is 0 Å². The van der Waals surface area contributed by atoms with Crippen LogP contribution in [0.3, 0.4) is 0 Å². The first-order chi connectivity index (χ1) is 10.9. The number of aliphatic hydroxyl groups excluding tert-OH is 1. The topological polar surface area (TPSA) is 61.7 Å². The van der Waals surface area contributed by atoms with Gasteiger partial charge >= 0.3 is 0 Å². The van der Waals surface area contributed by atoms with E-state index in [0.29, 0.717) is 11.3 Å². The summed E-state index contributed by atoms with van der Waals surface area (Å²) in [5, 5.41) is 22.9. The van der Waals surface area contributed by atoms with Crippen LogP contribution in [0.1, 0.15) is 30.2 Å². The van der Waals surface area contributed by atoms with Crippen LogP contribution in [0.2, 0.25) is 0 Å². The van der Waals surface area contributed by atoms with Crippen molar-refractivity contribution in [2.24, 2.45) is 0 Å². The molecule has 0 amide bonds. The first kappa shape index (κ1) is 17.2. The number of hydrogen-bond acceptors (Lipinski definition) is 4. The lowest BCUT2D eigenvalue weighted by Gasteiger charge is -2.19. The molecular weight excluding hydrogens is 304 g/mol. The fraction of sp³-hybridized carbons (Fsp3) is 0.294. The summed E-state index contributed by atoms with van der Waals surface area (Å²) < 4.78 is 32.4. The molecule has 0 spiro atoms. The van der Waals surface area contributed by atoms with Gasteiger partial charge in [0, 0.05) is 18.2 Å². The molecule has 124 valence electrons. The number of phenolic OH excluding ortho intramolecular Hbond substituents is 1. The minimum atomic E-state index is -1.34. The molecule has 0 heterocycles. The van der Waals surface area contributed by atoms with Crippen molar-refractivity contribution in [1.82, 2.24) is 5.32 Å². The standard InChI is InChI=1S/C17H19F2NO3/c1-10(12-8-11(23-2)6-7-15(12)21)20-9-16(22)17-13(18)4-3-5-14(17)19/h3-8,10,16,20-22H,9H2,1-2H3. The molecule has 4 nitrogen and oxygen atoms in total. The molecule has 0 aliphatic rings. The molecule has 0 aliphatic heterocycles. The zero-order chi connectivity index (χ0) is 17.0. The van der Waals surface area contributed by atoms with Crippen LogP contribution in [0.4, 0.5) is 8.78 Å². The third-order valence-electron chi connectivity index (χ3n) is 3.65. The summed E-state index contributed by atoms with van der Waals surface area (Å²) in [5.74, 6) is -0.947. The number of rotatable bonds is 6. The minimum Gasteiger partial charge on any atom is -0.508 e. The second-order valence-corrected chi connectivity index (χ2v) is 5.21. The number of hydrogen-bond donors (Lipinski definition) is 3. The number of aliphatic hydroxyl groups is 1. The molecule has 0 aromatic heterocycles. The largest absolute Gasteiger partial charge is 0.508 e. The van der Waals surface area contributed by atoms with Crippen LogP contribution in [0.15, 0.2) is 36.4 Å². The van der Waals surface area contributed by atoms with Crippen molar-refractivity contribution in [1.29, 1.82) is 0 Å². The van der Waals surface area contributed by atoms with Gasteiger partial charge in [-0.25, -0.2) is 8.78 Å². The van der Waals surface area contributed by atoms with Crippen molar-refractivity contribution in [2.75, 3.05) is 13.7 Å². The minimum absolute atomic E-state index is 0.0670. The van der Waals surface area contributed by atoms with Crippen molar-refractivity contribution in [2.45, 2.75) is 19.1 Å². The molecule has 2 aromatic rings. The molecule has 0 aliphatic carbocycles. The quantitative estimate of drug-likeness (QED) is 0.764. The summed E-state index contributed by atoms with van der Waals surface area (Å²) in [7, 11) is 1.51. The Morgan fingerprint density at radius 1 is 1.17 bits per heavy atom. The fourth-order valence-electron chi connectivity index (χ4n) is 2.34. The van der Waals surface area contributed by atoms with E-state index in [4.69, 9.17) is 4.74 Å². The number of aromatic hydroxyl groups is 1. The van der Waals surface area contributed by atoms with E-state index in [1.807, 2.05) is 0 Å².